The Morgan fingerprint density at radius 2 is 2.42 bits per heavy atom. The number of hydrogen-bond acceptors (Lipinski definition) is 2. The van der Waals surface area contributed by atoms with Crippen molar-refractivity contribution in [3.05, 3.63) is 42.2 Å². The molecule has 64 valence electrons. The number of rotatable bonds is 4. The topological polar surface area (TPSA) is 24.9 Å². The van der Waals surface area contributed by atoms with Crippen LogP contribution < -0.4 is 5.32 Å². The highest BCUT2D eigenvalue weighted by Crippen LogP contribution is 1.97. The van der Waals surface area contributed by atoms with Crippen molar-refractivity contribution in [1.29, 1.82) is 0 Å². The minimum Gasteiger partial charge on any atom is -0.308 e. The van der Waals surface area contributed by atoms with Crippen LogP contribution in [0.1, 0.15) is 11.3 Å². The van der Waals surface area contributed by atoms with Crippen molar-refractivity contribution >= 4 is 0 Å². The minimum absolute atomic E-state index is 0.812. The highest BCUT2D eigenvalue weighted by atomic mass is 14.9. The van der Waals surface area contributed by atoms with Gasteiger partial charge in [-0.25, -0.2) is 0 Å². The highest BCUT2D eigenvalue weighted by molar-refractivity contribution is 5.11. The molecule has 0 saturated heterocycles. The molecule has 0 amide bonds. The van der Waals surface area contributed by atoms with Crippen molar-refractivity contribution < 1.29 is 0 Å². The lowest BCUT2D eigenvalue weighted by Crippen LogP contribution is -2.13. The molecule has 1 heterocycles. The normalized spacial score (nSPS) is 9.75. The lowest BCUT2D eigenvalue weighted by Gasteiger charge is -2.00. The lowest BCUT2D eigenvalue weighted by molar-refractivity contribution is 0.740. The Bertz CT molecular complexity index is 239. The number of nitrogens with zero attached hydrogens (tertiary/aromatic N) is 1. The molecule has 0 radical (unpaired) electrons. The van der Waals surface area contributed by atoms with Crippen LogP contribution in [0, 0.1) is 6.92 Å². The van der Waals surface area contributed by atoms with E-state index in [1.165, 1.54) is 5.56 Å². The molecule has 1 aromatic rings. The van der Waals surface area contributed by atoms with Crippen LogP contribution in [0.15, 0.2) is 31.0 Å². The van der Waals surface area contributed by atoms with Crippen LogP contribution in [-0.2, 0) is 6.54 Å². The first kappa shape index (κ1) is 8.94. The van der Waals surface area contributed by atoms with Crippen LogP contribution in [0.5, 0.6) is 0 Å². The molecule has 0 aromatic carbocycles. The second kappa shape index (κ2) is 4.67. The Morgan fingerprint density at radius 3 is 3.00 bits per heavy atom. The lowest BCUT2D eigenvalue weighted by atomic mass is 10.3. The largest absolute Gasteiger partial charge is 0.308 e. The quantitative estimate of drug-likeness (QED) is 0.538. The van der Waals surface area contributed by atoms with Crippen molar-refractivity contribution in [1.82, 2.24) is 10.3 Å². The van der Waals surface area contributed by atoms with Gasteiger partial charge in [0.15, 0.2) is 0 Å². The smallest absolute Gasteiger partial charge is 0.0541 e. The van der Waals surface area contributed by atoms with Gasteiger partial charge in [-0.05, 0) is 18.6 Å². The van der Waals surface area contributed by atoms with E-state index in [0.717, 1.165) is 18.8 Å². The molecule has 0 spiro atoms. The second-order valence-electron chi connectivity index (χ2n) is 2.75. The number of pyridine rings is 1. The Morgan fingerprint density at radius 1 is 1.58 bits per heavy atom. The molecule has 2 nitrogen and oxygen atoms in total. The molecular weight excluding hydrogens is 148 g/mol. The fourth-order valence-electron chi connectivity index (χ4n) is 0.905. The molecule has 0 unspecified atom stereocenters. The fraction of sp³-hybridized carbons (Fsp3) is 0.300. The Balaban J connectivity index is 2.42. The molecule has 0 bridgehead atoms. The third-order valence-electron chi connectivity index (χ3n) is 1.57. The third-order valence-corrected chi connectivity index (χ3v) is 1.57. The van der Waals surface area contributed by atoms with Gasteiger partial charge in [-0.1, -0.05) is 12.1 Å². The maximum Gasteiger partial charge on any atom is 0.0541 e. The summed E-state index contributed by atoms with van der Waals surface area (Å²) in [6.45, 7) is 7.30. The van der Waals surface area contributed by atoms with Crippen molar-refractivity contribution in [2.24, 2.45) is 0 Å². The van der Waals surface area contributed by atoms with E-state index >= 15 is 0 Å². The summed E-state index contributed by atoms with van der Waals surface area (Å²) in [5.74, 6) is 0. The first-order valence-corrected chi connectivity index (χ1v) is 4.06. The monoisotopic (exact) mass is 162 g/mol. The molecule has 1 N–H and O–H groups in total. The summed E-state index contributed by atoms with van der Waals surface area (Å²) in [5.41, 5.74) is 2.27. The van der Waals surface area contributed by atoms with Gasteiger partial charge < -0.3 is 5.32 Å². The SMILES string of the molecule is C=CCNCc1ccc(C)cn1. The van der Waals surface area contributed by atoms with Crippen LogP contribution in [-0.4, -0.2) is 11.5 Å². The van der Waals surface area contributed by atoms with Gasteiger partial charge in [0.1, 0.15) is 0 Å². The summed E-state index contributed by atoms with van der Waals surface area (Å²) in [6.07, 6.45) is 3.72. The molecule has 0 atom stereocenters. The molecule has 1 rings (SSSR count). The zero-order chi connectivity index (χ0) is 8.81. The van der Waals surface area contributed by atoms with Gasteiger partial charge in [0.2, 0.25) is 0 Å². The van der Waals surface area contributed by atoms with E-state index in [2.05, 4.69) is 22.9 Å². The van der Waals surface area contributed by atoms with Crippen molar-refractivity contribution in [3.8, 4) is 0 Å². The number of aryl methyl sites for hydroxylation is 1. The highest BCUT2D eigenvalue weighted by Gasteiger charge is 1.90. The maximum atomic E-state index is 4.25. The molecule has 0 aliphatic carbocycles. The van der Waals surface area contributed by atoms with E-state index in [4.69, 9.17) is 0 Å². The van der Waals surface area contributed by atoms with Gasteiger partial charge in [0.05, 0.1) is 5.69 Å². The molecule has 0 fully saturated rings. The van der Waals surface area contributed by atoms with E-state index in [1.54, 1.807) is 0 Å². The molecule has 12 heavy (non-hydrogen) atoms. The van der Waals surface area contributed by atoms with Gasteiger partial charge in [-0.2, -0.15) is 0 Å². The Hall–Kier alpha value is -1.15. The van der Waals surface area contributed by atoms with E-state index < -0.39 is 0 Å². The van der Waals surface area contributed by atoms with Gasteiger partial charge in [-0.3, -0.25) is 4.98 Å². The van der Waals surface area contributed by atoms with Gasteiger partial charge in [0, 0.05) is 19.3 Å². The molecule has 0 saturated carbocycles. The number of hydrogen-bond donors (Lipinski definition) is 1. The maximum absolute atomic E-state index is 4.25. The zero-order valence-corrected chi connectivity index (χ0v) is 7.38. The summed E-state index contributed by atoms with van der Waals surface area (Å²) in [4.78, 5) is 4.25. The van der Waals surface area contributed by atoms with Crippen molar-refractivity contribution in [2.75, 3.05) is 6.54 Å². The molecular formula is C10H14N2. The predicted octanol–water partition coefficient (Wildman–Crippen LogP) is 1.67. The summed E-state index contributed by atoms with van der Waals surface area (Å²) >= 11 is 0. The van der Waals surface area contributed by atoms with Gasteiger partial charge in [0.25, 0.3) is 0 Å². The standard InChI is InChI=1S/C10H14N2/c1-3-6-11-8-10-5-4-9(2)7-12-10/h3-5,7,11H,1,6,8H2,2H3. The van der Waals surface area contributed by atoms with E-state index in [9.17, 15) is 0 Å². The van der Waals surface area contributed by atoms with Crippen molar-refractivity contribution in [2.45, 2.75) is 13.5 Å². The van der Waals surface area contributed by atoms with Gasteiger partial charge >= 0.3 is 0 Å². The summed E-state index contributed by atoms with van der Waals surface area (Å²) in [6, 6.07) is 4.10. The predicted molar refractivity (Wildman–Crippen MR) is 50.9 cm³/mol. The van der Waals surface area contributed by atoms with Crippen molar-refractivity contribution in [3.63, 3.8) is 0 Å². The van der Waals surface area contributed by atoms with Crippen LogP contribution in [0.3, 0.4) is 0 Å². The molecule has 1 aromatic heterocycles. The minimum atomic E-state index is 0.812. The van der Waals surface area contributed by atoms with Crippen LogP contribution in [0.25, 0.3) is 0 Å². The van der Waals surface area contributed by atoms with E-state index in [1.807, 2.05) is 25.3 Å². The Labute approximate surface area is 73.3 Å². The average Bonchev–Trinajstić information content (AvgIpc) is 2.09. The number of nitrogens with one attached hydrogen (secondary N) is 1. The average molecular weight is 162 g/mol. The summed E-state index contributed by atoms with van der Waals surface area (Å²) in [5, 5.41) is 3.19. The second-order valence-corrected chi connectivity index (χ2v) is 2.75. The Kier molecular flexibility index (Phi) is 3.48. The fourth-order valence-corrected chi connectivity index (χ4v) is 0.905. The van der Waals surface area contributed by atoms with Gasteiger partial charge in [-0.15, -0.1) is 6.58 Å². The van der Waals surface area contributed by atoms with Crippen LogP contribution in [0.4, 0.5) is 0 Å². The van der Waals surface area contributed by atoms with E-state index in [-0.39, 0.29) is 0 Å². The zero-order valence-electron chi connectivity index (χ0n) is 7.38. The molecule has 2 heteroatoms. The molecule has 0 aliphatic rings. The third kappa shape index (κ3) is 2.84. The first-order valence-electron chi connectivity index (χ1n) is 4.06. The van der Waals surface area contributed by atoms with Crippen LogP contribution in [0.2, 0.25) is 0 Å². The summed E-state index contributed by atoms with van der Waals surface area (Å²) in [7, 11) is 0. The summed E-state index contributed by atoms with van der Waals surface area (Å²) < 4.78 is 0. The first-order chi connectivity index (χ1) is 5.83. The molecule has 0 aliphatic heterocycles. The van der Waals surface area contributed by atoms with E-state index in [0.29, 0.717) is 0 Å². The van der Waals surface area contributed by atoms with Crippen LogP contribution >= 0.6 is 0 Å². The number of aromatic nitrogens is 1.